The van der Waals surface area contributed by atoms with Gasteiger partial charge in [-0.2, -0.15) is 9.57 Å². The fourth-order valence-electron chi connectivity index (χ4n) is 4.01. The highest BCUT2D eigenvalue weighted by molar-refractivity contribution is 7.89. The van der Waals surface area contributed by atoms with Crippen LogP contribution in [0.25, 0.3) is 17.2 Å². The number of hydrogen-bond donors (Lipinski definition) is 0. The Hall–Kier alpha value is -3.03. The molecule has 31 heavy (non-hydrogen) atoms. The summed E-state index contributed by atoms with van der Waals surface area (Å²) < 4.78 is 28.2. The number of nitriles is 1. The van der Waals surface area contributed by atoms with Crippen LogP contribution in [0.3, 0.4) is 0 Å². The summed E-state index contributed by atoms with van der Waals surface area (Å²) in [5.74, 6) is 1.63. The summed E-state index contributed by atoms with van der Waals surface area (Å²) in [5, 5.41) is 9.21. The lowest BCUT2D eigenvalue weighted by molar-refractivity contribution is 0.247. The van der Waals surface area contributed by atoms with E-state index in [-0.39, 0.29) is 11.8 Å². The van der Waals surface area contributed by atoms with Crippen molar-refractivity contribution in [1.82, 2.24) is 23.7 Å². The van der Waals surface area contributed by atoms with Crippen molar-refractivity contribution in [3.05, 3.63) is 42.4 Å². The lowest BCUT2D eigenvalue weighted by atomic mass is 9.93. The maximum Gasteiger partial charge on any atom is 0.213 e. The van der Waals surface area contributed by atoms with Crippen molar-refractivity contribution in [1.29, 1.82) is 5.26 Å². The van der Waals surface area contributed by atoms with Crippen molar-refractivity contribution >= 4 is 21.5 Å². The predicted molar refractivity (Wildman–Crippen MR) is 118 cm³/mol. The molecule has 2 atom stereocenters. The molecule has 0 aromatic carbocycles. The number of likely N-dealkylation sites (N-methyl/N-ethyl adjacent to an activating group) is 1. The number of rotatable bonds is 5. The molecule has 4 rings (SSSR count). The zero-order chi connectivity index (χ0) is 22.2. The second kappa shape index (κ2) is 8.24. The van der Waals surface area contributed by atoms with Crippen LogP contribution < -0.4 is 4.90 Å². The van der Waals surface area contributed by atoms with E-state index in [9.17, 15) is 13.7 Å². The molecular formula is C21H25N7O2S. The Kier molecular flexibility index (Phi) is 5.64. The minimum atomic E-state index is -3.23. The van der Waals surface area contributed by atoms with Crippen LogP contribution in [0.4, 0.5) is 5.82 Å². The predicted octanol–water partition coefficient (Wildman–Crippen LogP) is 2.16. The van der Waals surface area contributed by atoms with Gasteiger partial charge in [0.1, 0.15) is 23.2 Å². The number of anilines is 1. The van der Waals surface area contributed by atoms with Gasteiger partial charge in [-0.05, 0) is 37.5 Å². The van der Waals surface area contributed by atoms with Crippen molar-refractivity contribution in [3.63, 3.8) is 0 Å². The zero-order valence-electron chi connectivity index (χ0n) is 17.8. The monoisotopic (exact) mass is 439 g/mol. The summed E-state index contributed by atoms with van der Waals surface area (Å²) in [4.78, 5) is 15.6. The Morgan fingerprint density at radius 1 is 1.29 bits per heavy atom. The number of hydrogen-bond acceptors (Lipinski definition) is 7. The molecule has 3 aromatic heterocycles. The third kappa shape index (κ3) is 3.98. The first-order valence-corrected chi connectivity index (χ1v) is 11.9. The summed E-state index contributed by atoms with van der Waals surface area (Å²) in [6, 6.07) is 7.47. The topological polar surface area (TPSA) is 107 Å². The molecule has 0 spiro atoms. The summed E-state index contributed by atoms with van der Waals surface area (Å²) in [6.07, 6.45) is 5.90. The van der Waals surface area contributed by atoms with Gasteiger partial charge in [0.05, 0.1) is 17.5 Å². The van der Waals surface area contributed by atoms with Crippen LogP contribution in [0.1, 0.15) is 25.8 Å². The van der Waals surface area contributed by atoms with Gasteiger partial charge >= 0.3 is 0 Å². The van der Waals surface area contributed by atoms with Gasteiger partial charge in [-0.25, -0.2) is 23.4 Å². The van der Waals surface area contributed by atoms with E-state index in [1.807, 2.05) is 18.0 Å². The molecule has 0 radical (unpaired) electrons. The smallest absolute Gasteiger partial charge is 0.213 e. The zero-order valence-corrected chi connectivity index (χ0v) is 18.6. The number of imidazole rings is 1. The average molecular weight is 440 g/mol. The van der Waals surface area contributed by atoms with E-state index >= 15 is 0 Å². The molecule has 10 heteroatoms. The summed E-state index contributed by atoms with van der Waals surface area (Å²) >= 11 is 0. The third-order valence-corrected chi connectivity index (χ3v) is 7.85. The lowest BCUT2D eigenvalue weighted by Crippen LogP contribution is -2.53. The Labute approximate surface area is 182 Å². The normalized spacial score (nSPS) is 19.9. The molecule has 1 aliphatic heterocycles. The molecule has 1 saturated heterocycles. The van der Waals surface area contributed by atoms with E-state index in [4.69, 9.17) is 4.98 Å². The molecular weight excluding hydrogens is 414 g/mol. The molecule has 2 unspecified atom stereocenters. The van der Waals surface area contributed by atoms with Crippen molar-refractivity contribution in [2.24, 2.45) is 5.92 Å². The standard InChI is InChI=1S/C21H25N7O2S/c1-4-31(29,30)27-10-8-15(2)18(14-27)26(3)20-7-9-23-21(25-20)17-12-24-19-6-5-16(11-22)13-28(17)19/h5-7,9,12-13,15,18H,4,8,10,14H2,1-3H3. The largest absolute Gasteiger partial charge is 0.355 e. The van der Waals surface area contributed by atoms with Gasteiger partial charge in [0.2, 0.25) is 10.0 Å². The van der Waals surface area contributed by atoms with Gasteiger partial charge in [-0.1, -0.05) is 6.92 Å². The number of piperidine rings is 1. The molecule has 0 saturated carbocycles. The van der Waals surface area contributed by atoms with E-state index in [1.54, 1.807) is 46.4 Å². The molecule has 0 N–H and O–H groups in total. The first-order chi connectivity index (χ1) is 14.8. The maximum absolute atomic E-state index is 12.4. The minimum absolute atomic E-state index is 0.00482. The van der Waals surface area contributed by atoms with Crippen LogP contribution in [-0.4, -0.2) is 64.0 Å². The number of aromatic nitrogens is 4. The van der Waals surface area contributed by atoms with Gasteiger partial charge in [-0.15, -0.1) is 0 Å². The Balaban J connectivity index is 1.66. The third-order valence-electron chi connectivity index (χ3n) is 6.00. The van der Waals surface area contributed by atoms with Crippen LogP contribution in [0, 0.1) is 17.2 Å². The van der Waals surface area contributed by atoms with Crippen molar-refractivity contribution in [3.8, 4) is 17.6 Å². The SMILES string of the molecule is CCS(=O)(=O)N1CCC(C)C(N(C)c2ccnc(-c3cnc4ccc(C#N)cn34)n2)C1. The quantitative estimate of drug-likeness (QED) is 0.599. The molecule has 1 fully saturated rings. The Morgan fingerprint density at radius 3 is 2.84 bits per heavy atom. The van der Waals surface area contributed by atoms with E-state index < -0.39 is 10.0 Å². The van der Waals surface area contributed by atoms with Gasteiger partial charge in [0.15, 0.2) is 5.82 Å². The molecule has 0 bridgehead atoms. The number of nitrogens with zero attached hydrogens (tertiary/aromatic N) is 7. The molecule has 0 aliphatic carbocycles. The van der Waals surface area contributed by atoms with Gasteiger partial charge in [0, 0.05) is 38.6 Å². The van der Waals surface area contributed by atoms with Crippen LogP contribution in [-0.2, 0) is 10.0 Å². The average Bonchev–Trinajstić information content (AvgIpc) is 3.22. The Morgan fingerprint density at radius 2 is 2.10 bits per heavy atom. The van der Waals surface area contributed by atoms with Crippen LogP contribution >= 0.6 is 0 Å². The van der Waals surface area contributed by atoms with E-state index in [2.05, 4.69) is 23.0 Å². The van der Waals surface area contributed by atoms with E-state index in [0.717, 1.165) is 6.42 Å². The van der Waals surface area contributed by atoms with Crippen molar-refractivity contribution < 1.29 is 8.42 Å². The minimum Gasteiger partial charge on any atom is -0.355 e. The highest BCUT2D eigenvalue weighted by Crippen LogP contribution is 2.27. The first-order valence-electron chi connectivity index (χ1n) is 10.3. The molecule has 3 aromatic rings. The molecule has 0 amide bonds. The van der Waals surface area contributed by atoms with Crippen molar-refractivity contribution in [2.75, 3.05) is 30.8 Å². The van der Waals surface area contributed by atoms with Crippen LogP contribution in [0.5, 0.6) is 0 Å². The summed E-state index contributed by atoms with van der Waals surface area (Å²) in [7, 11) is -1.29. The second-order valence-electron chi connectivity index (χ2n) is 7.84. The fourth-order valence-corrected chi connectivity index (χ4v) is 5.14. The maximum atomic E-state index is 12.4. The fraction of sp³-hybridized carbons (Fsp3) is 0.429. The Bertz CT molecular complexity index is 1250. The second-order valence-corrected chi connectivity index (χ2v) is 10.1. The molecule has 4 heterocycles. The van der Waals surface area contributed by atoms with Gasteiger partial charge < -0.3 is 4.90 Å². The number of pyridine rings is 1. The summed E-state index contributed by atoms with van der Waals surface area (Å²) in [5.41, 5.74) is 1.92. The highest BCUT2D eigenvalue weighted by atomic mass is 32.2. The van der Waals surface area contributed by atoms with Crippen LogP contribution in [0.15, 0.2) is 36.8 Å². The summed E-state index contributed by atoms with van der Waals surface area (Å²) in [6.45, 7) is 4.82. The van der Waals surface area contributed by atoms with E-state index in [1.165, 1.54) is 0 Å². The highest BCUT2D eigenvalue weighted by Gasteiger charge is 2.34. The molecule has 9 nitrogen and oxygen atoms in total. The van der Waals surface area contributed by atoms with Gasteiger partial charge in [0.25, 0.3) is 0 Å². The van der Waals surface area contributed by atoms with E-state index in [0.29, 0.717) is 47.6 Å². The number of fused-ring (bicyclic) bond motifs is 1. The van der Waals surface area contributed by atoms with Gasteiger partial charge in [-0.3, -0.25) is 4.40 Å². The molecule has 1 aliphatic rings. The molecule has 162 valence electrons. The van der Waals surface area contributed by atoms with Crippen molar-refractivity contribution in [2.45, 2.75) is 26.3 Å². The van der Waals surface area contributed by atoms with Crippen LogP contribution in [0.2, 0.25) is 0 Å². The number of sulfonamides is 1. The first kappa shape index (κ1) is 21.2. The lowest BCUT2D eigenvalue weighted by Gasteiger charge is -2.41.